The number of aliphatic hydroxyl groups is 1. The molecule has 0 aliphatic carbocycles. The van der Waals surface area contributed by atoms with E-state index in [1.807, 2.05) is 0 Å². The minimum Gasteiger partial charge on any atom is -0.507 e. The van der Waals surface area contributed by atoms with Gasteiger partial charge in [0, 0.05) is 41.8 Å². The van der Waals surface area contributed by atoms with Gasteiger partial charge in [-0.15, -0.1) is 0 Å². The Hall–Kier alpha value is -2.45. The van der Waals surface area contributed by atoms with Gasteiger partial charge in [0.15, 0.2) is 0 Å². The van der Waals surface area contributed by atoms with Crippen LogP contribution in [-0.4, -0.2) is 66.0 Å². The van der Waals surface area contributed by atoms with Crippen LogP contribution in [0.4, 0.5) is 4.39 Å². The van der Waals surface area contributed by atoms with Crippen molar-refractivity contribution < 1.29 is 23.8 Å². The molecule has 2 aliphatic rings. The number of hydrogen-bond donors (Lipinski definition) is 1. The molecule has 0 unspecified atom stereocenters. The van der Waals surface area contributed by atoms with Crippen molar-refractivity contribution in [1.29, 1.82) is 0 Å². The molecule has 2 fully saturated rings. The predicted octanol–water partition coefficient (Wildman–Crippen LogP) is 4.28. The fourth-order valence-corrected chi connectivity index (χ4v) is 4.72. The number of aliphatic hydroxyl groups excluding tert-OH is 1. The fraction of sp³-hybridized carbons (Fsp3) is 0.333. The second-order valence-corrected chi connectivity index (χ2v) is 8.82. The Balaban J connectivity index is 1.70. The molecule has 9 heteroatoms. The van der Waals surface area contributed by atoms with Crippen LogP contribution in [0.5, 0.6) is 0 Å². The standard InChI is InChI=1S/C24H23Cl2FN2O4/c25-16-4-7-18(19(26)14-16)21-20(22(30)15-2-5-17(27)6-3-15)23(31)24(32)29(21)9-1-8-28-10-12-33-13-11-28/h2-7,14,21,30H,1,8-13H2/t21-/m1/s1. The van der Waals surface area contributed by atoms with Crippen LogP contribution in [0.15, 0.2) is 48.0 Å². The summed E-state index contributed by atoms with van der Waals surface area (Å²) in [6.07, 6.45) is 0.630. The minimum absolute atomic E-state index is 0.0813. The summed E-state index contributed by atoms with van der Waals surface area (Å²) < 4.78 is 18.7. The molecule has 6 nitrogen and oxygen atoms in total. The summed E-state index contributed by atoms with van der Waals surface area (Å²) in [6, 6.07) is 8.99. The second-order valence-electron chi connectivity index (χ2n) is 7.97. The molecule has 0 saturated carbocycles. The first-order chi connectivity index (χ1) is 15.9. The number of morpholine rings is 1. The topological polar surface area (TPSA) is 70.1 Å². The van der Waals surface area contributed by atoms with Gasteiger partial charge in [0.05, 0.1) is 24.8 Å². The lowest BCUT2D eigenvalue weighted by molar-refractivity contribution is -0.140. The van der Waals surface area contributed by atoms with Gasteiger partial charge in [-0.2, -0.15) is 0 Å². The van der Waals surface area contributed by atoms with Crippen LogP contribution in [0.3, 0.4) is 0 Å². The summed E-state index contributed by atoms with van der Waals surface area (Å²) in [4.78, 5) is 29.7. The smallest absolute Gasteiger partial charge is 0.295 e. The number of ketones is 1. The van der Waals surface area contributed by atoms with Gasteiger partial charge in [-0.1, -0.05) is 29.3 Å². The van der Waals surface area contributed by atoms with Gasteiger partial charge in [-0.05, 0) is 48.4 Å². The van der Waals surface area contributed by atoms with Crippen molar-refractivity contribution in [1.82, 2.24) is 9.80 Å². The van der Waals surface area contributed by atoms with Crippen molar-refractivity contribution in [3.05, 3.63) is 75.0 Å². The van der Waals surface area contributed by atoms with Crippen LogP contribution in [0.2, 0.25) is 10.0 Å². The predicted molar refractivity (Wildman–Crippen MR) is 124 cm³/mol. The van der Waals surface area contributed by atoms with E-state index >= 15 is 0 Å². The van der Waals surface area contributed by atoms with Crippen LogP contribution in [-0.2, 0) is 14.3 Å². The maximum Gasteiger partial charge on any atom is 0.295 e. The number of hydrogen-bond acceptors (Lipinski definition) is 5. The molecule has 4 rings (SSSR count). The SMILES string of the molecule is O=C1C(=O)N(CCCN2CCOCC2)[C@H](c2ccc(Cl)cc2Cl)C1=C(O)c1ccc(F)cc1. The normalized spacial score (nSPS) is 21.1. The Kier molecular flexibility index (Phi) is 7.34. The number of carbonyl (C=O) groups is 2. The Labute approximate surface area is 201 Å². The highest BCUT2D eigenvalue weighted by Gasteiger charge is 2.46. The van der Waals surface area contributed by atoms with Crippen LogP contribution < -0.4 is 0 Å². The number of Topliss-reactive ketones (excluding diaryl/α,β-unsaturated/α-hetero) is 1. The Morgan fingerprint density at radius 3 is 2.42 bits per heavy atom. The number of likely N-dealkylation sites (tertiary alicyclic amines) is 1. The van der Waals surface area contributed by atoms with E-state index in [0.29, 0.717) is 36.8 Å². The van der Waals surface area contributed by atoms with E-state index in [9.17, 15) is 19.1 Å². The Morgan fingerprint density at radius 1 is 1.06 bits per heavy atom. The molecule has 2 heterocycles. The van der Waals surface area contributed by atoms with Gasteiger partial charge in [-0.3, -0.25) is 14.5 Å². The molecule has 2 aromatic carbocycles. The third kappa shape index (κ3) is 5.06. The summed E-state index contributed by atoms with van der Waals surface area (Å²) in [5.74, 6) is -2.37. The lowest BCUT2D eigenvalue weighted by Crippen LogP contribution is -2.39. The molecule has 2 aromatic rings. The maximum absolute atomic E-state index is 13.4. The van der Waals surface area contributed by atoms with E-state index in [1.54, 1.807) is 12.1 Å². The average Bonchev–Trinajstić information content (AvgIpc) is 3.05. The number of rotatable bonds is 6. The third-order valence-electron chi connectivity index (χ3n) is 5.89. The molecule has 1 amide bonds. The molecular weight excluding hydrogens is 470 g/mol. The molecule has 0 aromatic heterocycles. The quantitative estimate of drug-likeness (QED) is 0.370. The Bertz CT molecular complexity index is 1080. The third-order valence-corrected chi connectivity index (χ3v) is 6.45. The number of halogens is 3. The number of carbonyl (C=O) groups excluding carboxylic acids is 2. The molecular formula is C24H23Cl2FN2O4. The van der Waals surface area contributed by atoms with Crippen LogP contribution in [0, 0.1) is 5.82 Å². The lowest BCUT2D eigenvalue weighted by atomic mass is 9.95. The molecule has 33 heavy (non-hydrogen) atoms. The van der Waals surface area contributed by atoms with E-state index in [-0.39, 0.29) is 21.9 Å². The van der Waals surface area contributed by atoms with Crippen molar-refractivity contribution >= 4 is 40.7 Å². The van der Waals surface area contributed by atoms with Gasteiger partial charge in [0.25, 0.3) is 11.7 Å². The summed E-state index contributed by atoms with van der Waals surface area (Å²) >= 11 is 12.5. The molecule has 0 bridgehead atoms. The largest absolute Gasteiger partial charge is 0.507 e. The van der Waals surface area contributed by atoms with Crippen molar-refractivity contribution in [3.63, 3.8) is 0 Å². The highest BCUT2D eigenvalue weighted by Crippen LogP contribution is 2.42. The van der Waals surface area contributed by atoms with Crippen LogP contribution in [0.25, 0.3) is 5.76 Å². The maximum atomic E-state index is 13.4. The number of nitrogens with zero attached hydrogens (tertiary/aromatic N) is 2. The zero-order chi connectivity index (χ0) is 23.5. The van der Waals surface area contributed by atoms with Gasteiger partial charge >= 0.3 is 0 Å². The van der Waals surface area contributed by atoms with Crippen LogP contribution >= 0.6 is 23.2 Å². The first-order valence-electron chi connectivity index (χ1n) is 10.7. The van der Waals surface area contributed by atoms with E-state index in [2.05, 4.69) is 4.90 Å². The van der Waals surface area contributed by atoms with E-state index in [4.69, 9.17) is 27.9 Å². The van der Waals surface area contributed by atoms with Crippen LogP contribution in [0.1, 0.15) is 23.6 Å². The molecule has 1 N–H and O–H groups in total. The van der Waals surface area contributed by atoms with Gasteiger partial charge < -0.3 is 14.7 Å². The highest BCUT2D eigenvalue weighted by molar-refractivity contribution is 6.47. The fourth-order valence-electron chi connectivity index (χ4n) is 4.21. The molecule has 0 radical (unpaired) electrons. The van der Waals surface area contributed by atoms with Crippen molar-refractivity contribution in [3.8, 4) is 0 Å². The Morgan fingerprint density at radius 2 is 1.76 bits per heavy atom. The lowest BCUT2D eigenvalue weighted by Gasteiger charge is -2.29. The summed E-state index contributed by atoms with van der Waals surface area (Å²) in [7, 11) is 0. The molecule has 2 aliphatic heterocycles. The van der Waals surface area contributed by atoms with E-state index in [1.165, 1.54) is 35.2 Å². The first-order valence-corrected chi connectivity index (χ1v) is 11.4. The van der Waals surface area contributed by atoms with E-state index in [0.717, 1.165) is 19.6 Å². The van der Waals surface area contributed by atoms with Crippen molar-refractivity contribution in [2.24, 2.45) is 0 Å². The average molecular weight is 493 g/mol. The molecule has 174 valence electrons. The summed E-state index contributed by atoms with van der Waals surface area (Å²) in [5, 5.41) is 11.7. The first kappa shape index (κ1) is 23.7. The number of ether oxygens (including phenoxy) is 1. The second kappa shape index (κ2) is 10.2. The molecule has 2 saturated heterocycles. The van der Waals surface area contributed by atoms with Crippen molar-refractivity contribution in [2.45, 2.75) is 12.5 Å². The number of benzene rings is 2. The summed E-state index contributed by atoms with van der Waals surface area (Å²) in [6.45, 7) is 4.01. The zero-order valence-electron chi connectivity index (χ0n) is 17.8. The van der Waals surface area contributed by atoms with E-state index < -0.39 is 23.5 Å². The van der Waals surface area contributed by atoms with Gasteiger partial charge in [0.1, 0.15) is 11.6 Å². The zero-order valence-corrected chi connectivity index (χ0v) is 19.3. The molecule has 1 atom stereocenters. The monoisotopic (exact) mass is 492 g/mol. The summed E-state index contributed by atoms with van der Waals surface area (Å²) in [5.41, 5.74) is 0.635. The highest BCUT2D eigenvalue weighted by atomic mass is 35.5. The number of amides is 1. The molecule has 0 spiro atoms. The minimum atomic E-state index is -0.885. The van der Waals surface area contributed by atoms with Crippen molar-refractivity contribution in [2.75, 3.05) is 39.4 Å². The van der Waals surface area contributed by atoms with Gasteiger partial charge in [0.2, 0.25) is 0 Å². The van der Waals surface area contributed by atoms with Gasteiger partial charge in [-0.25, -0.2) is 4.39 Å².